The Morgan fingerprint density at radius 1 is 1.37 bits per heavy atom. The van der Waals surface area contributed by atoms with Gasteiger partial charge >= 0.3 is 6.09 Å². The summed E-state index contributed by atoms with van der Waals surface area (Å²) in [5.74, 6) is 0. The lowest BCUT2D eigenvalue weighted by Gasteiger charge is -2.31. The molecule has 104 valence electrons. The fraction of sp³-hybridized carbons (Fsp3) is 0.533. The van der Waals surface area contributed by atoms with Gasteiger partial charge in [0.05, 0.1) is 6.54 Å². The fourth-order valence-corrected chi connectivity index (χ4v) is 2.10. The lowest BCUT2D eigenvalue weighted by molar-refractivity contribution is -0.111. The zero-order valence-electron chi connectivity index (χ0n) is 11.6. The highest BCUT2D eigenvalue weighted by Gasteiger charge is 2.44. The van der Waals surface area contributed by atoms with Gasteiger partial charge in [0, 0.05) is 6.61 Å². The van der Waals surface area contributed by atoms with Gasteiger partial charge < -0.3 is 9.47 Å². The number of unbranched alkanes of at least 4 members (excludes halogenated alkanes) is 1. The van der Waals surface area contributed by atoms with Gasteiger partial charge in [-0.1, -0.05) is 43.7 Å². The van der Waals surface area contributed by atoms with E-state index in [2.05, 4.69) is 6.92 Å². The highest BCUT2D eigenvalue weighted by Crippen LogP contribution is 2.27. The summed E-state index contributed by atoms with van der Waals surface area (Å²) in [4.78, 5) is 13.5. The number of hydrogen-bond acceptors (Lipinski definition) is 3. The van der Waals surface area contributed by atoms with Crippen LogP contribution in [0.25, 0.3) is 0 Å². The molecule has 0 N–H and O–H groups in total. The molecule has 1 aromatic carbocycles. The summed E-state index contributed by atoms with van der Waals surface area (Å²) in [6.07, 6.45) is 1.76. The second kappa shape index (κ2) is 6.06. The molecule has 0 radical (unpaired) electrons. The predicted octanol–water partition coefficient (Wildman–Crippen LogP) is 3.17. The summed E-state index contributed by atoms with van der Waals surface area (Å²) in [7, 11) is 0. The van der Waals surface area contributed by atoms with Crippen molar-refractivity contribution in [3.8, 4) is 0 Å². The Hall–Kier alpha value is -1.55. The quantitative estimate of drug-likeness (QED) is 0.740. The van der Waals surface area contributed by atoms with Crippen LogP contribution in [0, 0.1) is 0 Å². The van der Waals surface area contributed by atoms with Gasteiger partial charge in [0.25, 0.3) is 0 Å². The standard InChI is InChI=1S/C15H21NO3/c1-3-4-10-19-15(2)12-18-14(17)16(15)11-13-8-6-5-7-9-13/h5-9H,3-4,10-12H2,1-2H3. The minimum atomic E-state index is -0.651. The van der Waals surface area contributed by atoms with Crippen molar-refractivity contribution in [2.45, 2.75) is 39.0 Å². The number of benzene rings is 1. The molecule has 1 aromatic rings. The van der Waals surface area contributed by atoms with Gasteiger partial charge in [-0.25, -0.2) is 4.79 Å². The molecule has 1 unspecified atom stereocenters. The third kappa shape index (κ3) is 3.26. The van der Waals surface area contributed by atoms with Crippen molar-refractivity contribution in [3.63, 3.8) is 0 Å². The molecule has 4 heteroatoms. The minimum Gasteiger partial charge on any atom is -0.444 e. The first-order valence-electron chi connectivity index (χ1n) is 6.78. The zero-order valence-corrected chi connectivity index (χ0v) is 11.6. The molecule has 0 aliphatic carbocycles. The van der Waals surface area contributed by atoms with Gasteiger partial charge in [-0.2, -0.15) is 0 Å². The Morgan fingerprint density at radius 3 is 2.79 bits per heavy atom. The van der Waals surface area contributed by atoms with Crippen molar-refractivity contribution in [2.24, 2.45) is 0 Å². The maximum absolute atomic E-state index is 11.9. The second-order valence-corrected chi connectivity index (χ2v) is 5.00. The summed E-state index contributed by atoms with van der Waals surface area (Å²) in [5.41, 5.74) is 0.425. The molecule has 1 aliphatic rings. The normalized spacial score (nSPS) is 22.6. The average Bonchev–Trinajstić information content (AvgIpc) is 2.69. The van der Waals surface area contributed by atoms with Crippen LogP contribution in [0.2, 0.25) is 0 Å². The molecule has 1 heterocycles. The molecular weight excluding hydrogens is 242 g/mol. The van der Waals surface area contributed by atoms with Crippen LogP contribution in [-0.4, -0.2) is 29.9 Å². The van der Waals surface area contributed by atoms with Gasteiger partial charge in [0.15, 0.2) is 5.72 Å². The molecule has 0 saturated carbocycles. The van der Waals surface area contributed by atoms with E-state index in [0.717, 1.165) is 18.4 Å². The van der Waals surface area contributed by atoms with E-state index in [1.165, 1.54) is 0 Å². The third-order valence-electron chi connectivity index (χ3n) is 3.35. The molecule has 0 spiro atoms. The summed E-state index contributed by atoms with van der Waals surface area (Å²) in [6.45, 7) is 5.49. The van der Waals surface area contributed by atoms with Crippen LogP contribution in [0.1, 0.15) is 32.3 Å². The molecule has 1 fully saturated rings. The van der Waals surface area contributed by atoms with Gasteiger partial charge in [-0.15, -0.1) is 0 Å². The Labute approximate surface area is 114 Å². The van der Waals surface area contributed by atoms with E-state index in [1.807, 2.05) is 37.3 Å². The second-order valence-electron chi connectivity index (χ2n) is 5.00. The highest BCUT2D eigenvalue weighted by molar-refractivity contribution is 5.70. The van der Waals surface area contributed by atoms with E-state index < -0.39 is 5.72 Å². The third-order valence-corrected chi connectivity index (χ3v) is 3.35. The van der Waals surface area contributed by atoms with Gasteiger partial charge in [-0.05, 0) is 18.9 Å². The first-order valence-corrected chi connectivity index (χ1v) is 6.78. The van der Waals surface area contributed by atoms with Crippen LogP contribution in [0.4, 0.5) is 4.79 Å². The summed E-state index contributed by atoms with van der Waals surface area (Å²) < 4.78 is 11.0. The monoisotopic (exact) mass is 263 g/mol. The molecule has 2 rings (SSSR count). The molecule has 0 bridgehead atoms. The Morgan fingerprint density at radius 2 is 2.11 bits per heavy atom. The number of carbonyl (C=O) groups is 1. The number of hydrogen-bond donors (Lipinski definition) is 0. The molecule has 0 aromatic heterocycles. The van der Waals surface area contributed by atoms with E-state index in [4.69, 9.17) is 9.47 Å². The van der Waals surface area contributed by atoms with Crippen LogP contribution >= 0.6 is 0 Å². The first-order chi connectivity index (χ1) is 9.15. The van der Waals surface area contributed by atoms with E-state index in [-0.39, 0.29) is 6.09 Å². The van der Waals surface area contributed by atoms with Gasteiger partial charge in [-0.3, -0.25) is 4.90 Å². The molecule has 1 atom stereocenters. The molecule has 1 aliphatic heterocycles. The number of nitrogens with zero attached hydrogens (tertiary/aromatic N) is 1. The maximum atomic E-state index is 11.9. The first kappa shape index (κ1) is 13.9. The van der Waals surface area contributed by atoms with Crippen molar-refractivity contribution in [2.75, 3.05) is 13.2 Å². The number of ether oxygens (including phenoxy) is 2. The molecule has 4 nitrogen and oxygen atoms in total. The molecule has 1 amide bonds. The molecular formula is C15H21NO3. The van der Waals surface area contributed by atoms with Crippen molar-refractivity contribution < 1.29 is 14.3 Å². The van der Waals surface area contributed by atoms with E-state index in [1.54, 1.807) is 4.90 Å². The van der Waals surface area contributed by atoms with Gasteiger partial charge in [0.1, 0.15) is 6.61 Å². The topological polar surface area (TPSA) is 38.8 Å². The van der Waals surface area contributed by atoms with E-state index >= 15 is 0 Å². The van der Waals surface area contributed by atoms with Crippen LogP contribution in [-0.2, 0) is 16.0 Å². The fourth-order valence-electron chi connectivity index (χ4n) is 2.10. The zero-order chi connectivity index (χ0) is 13.7. The number of cyclic esters (lactones) is 1. The van der Waals surface area contributed by atoms with Crippen molar-refractivity contribution >= 4 is 6.09 Å². The van der Waals surface area contributed by atoms with Crippen molar-refractivity contribution in [3.05, 3.63) is 35.9 Å². The SMILES string of the molecule is CCCCOC1(C)COC(=O)N1Cc1ccccc1. The largest absolute Gasteiger partial charge is 0.444 e. The number of amides is 1. The Bertz CT molecular complexity index is 421. The molecule has 1 saturated heterocycles. The minimum absolute atomic E-state index is 0.294. The highest BCUT2D eigenvalue weighted by atomic mass is 16.6. The summed E-state index contributed by atoms with van der Waals surface area (Å²) >= 11 is 0. The number of carbonyl (C=O) groups excluding carboxylic acids is 1. The van der Waals surface area contributed by atoms with Crippen molar-refractivity contribution in [1.29, 1.82) is 0 Å². The average molecular weight is 263 g/mol. The summed E-state index contributed by atoms with van der Waals surface area (Å²) in [5, 5.41) is 0. The predicted molar refractivity (Wildman–Crippen MR) is 72.6 cm³/mol. The van der Waals surface area contributed by atoms with Crippen molar-refractivity contribution in [1.82, 2.24) is 4.90 Å². The van der Waals surface area contributed by atoms with Gasteiger partial charge in [0.2, 0.25) is 0 Å². The Kier molecular flexibility index (Phi) is 4.43. The smallest absolute Gasteiger partial charge is 0.412 e. The summed E-state index contributed by atoms with van der Waals surface area (Å²) in [6, 6.07) is 9.89. The maximum Gasteiger partial charge on any atom is 0.412 e. The number of rotatable bonds is 6. The van der Waals surface area contributed by atoms with Crippen LogP contribution < -0.4 is 0 Å². The van der Waals surface area contributed by atoms with Crippen LogP contribution in [0.5, 0.6) is 0 Å². The lowest BCUT2D eigenvalue weighted by Crippen LogP contribution is -2.46. The van der Waals surface area contributed by atoms with E-state index in [9.17, 15) is 4.79 Å². The lowest BCUT2D eigenvalue weighted by atomic mass is 10.1. The van der Waals surface area contributed by atoms with E-state index in [0.29, 0.717) is 19.8 Å². The van der Waals surface area contributed by atoms with Crippen LogP contribution in [0.3, 0.4) is 0 Å². The Balaban J connectivity index is 2.04. The molecule has 19 heavy (non-hydrogen) atoms. The van der Waals surface area contributed by atoms with Crippen LogP contribution in [0.15, 0.2) is 30.3 Å².